The smallest absolute Gasteiger partial charge is 0.339 e. The van der Waals surface area contributed by atoms with E-state index in [0.29, 0.717) is 12.1 Å². The van der Waals surface area contributed by atoms with Crippen LogP contribution in [0.4, 0.5) is 0 Å². The van der Waals surface area contributed by atoms with Gasteiger partial charge in [0.05, 0.1) is 12.1 Å². The predicted octanol–water partition coefficient (Wildman–Crippen LogP) is 2.19. The van der Waals surface area contributed by atoms with E-state index in [2.05, 4.69) is 5.10 Å². The van der Waals surface area contributed by atoms with Gasteiger partial charge in [-0.2, -0.15) is 16.4 Å². The molecule has 0 amide bonds. The lowest BCUT2D eigenvalue weighted by Crippen LogP contribution is -2.20. The molecule has 1 atom stereocenters. The van der Waals surface area contributed by atoms with E-state index in [4.69, 9.17) is 4.74 Å². The van der Waals surface area contributed by atoms with Crippen molar-refractivity contribution >= 4 is 17.3 Å². The van der Waals surface area contributed by atoms with Crippen molar-refractivity contribution in [2.75, 3.05) is 0 Å². The summed E-state index contributed by atoms with van der Waals surface area (Å²) >= 11 is 1.48. The van der Waals surface area contributed by atoms with Crippen molar-refractivity contribution in [1.82, 2.24) is 9.78 Å². The summed E-state index contributed by atoms with van der Waals surface area (Å²) in [6.45, 7) is 2.43. The lowest BCUT2D eigenvalue weighted by molar-refractivity contribution is 0.0299. The third-order valence-corrected chi connectivity index (χ3v) is 2.75. The van der Waals surface area contributed by atoms with Gasteiger partial charge < -0.3 is 4.74 Å². The predicted molar refractivity (Wildman–Crippen MR) is 61.4 cm³/mol. The molecule has 2 aromatic heterocycles. The monoisotopic (exact) mass is 236 g/mol. The van der Waals surface area contributed by atoms with Crippen LogP contribution < -0.4 is 0 Å². The minimum absolute atomic E-state index is 0.188. The Morgan fingerprint density at radius 3 is 3.19 bits per heavy atom. The number of nitrogens with zero attached hydrogens (tertiary/aromatic N) is 2. The first-order valence-corrected chi connectivity index (χ1v) is 5.90. The van der Waals surface area contributed by atoms with E-state index in [0.717, 1.165) is 0 Å². The fourth-order valence-corrected chi connectivity index (χ4v) is 1.97. The summed E-state index contributed by atoms with van der Waals surface area (Å²) in [5.41, 5.74) is 0.609. The number of thiophene rings is 1. The molecule has 4 nitrogen and oxygen atoms in total. The molecule has 84 valence electrons. The molecule has 2 aromatic rings. The lowest BCUT2D eigenvalue weighted by atomic mass is 10.3. The maximum Gasteiger partial charge on any atom is 0.339 e. The van der Waals surface area contributed by atoms with E-state index < -0.39 is 0 Å². The molecule has 0 radical (unpaired) electrons. The van der Waals surface area contributed by atoms with Crippen LogP contribution in [0, 0.1) is 0 Å². The fourth-order valence-electron chi connectivity index (χ4n) is 1.34. The highest BCUT2D eigenvalue weighted by molar-refractivity contribution is 7.08. The first-order valence-electron chi connectivity index (χ1n) is 4.96. The second kappa shape index (κ2) is 4.94. The molecule has 0 fully saturated rings. The average Bonchev–Trinajstić information content (AvgIpc) is 2.88. The van der Waals surface area contributed by atoms with Crippen LogP contribution in [0.5, 0.6) is 0 Å². The van der Waals surface area contributed by atoms with Gasteiger partial charge in [0.1, 0.15) is 6.10 Å². The van der Waals surface area contributed by atoms with Crippen molar-refractivity contribution in [3.05, 3.63) is 40.8 Å². The number of carbonyl (C=O) groups is 1. The van der Waals surface area contributed by atoms with Gasteiger partial charge in [-0.1, -0.05) is 0 Å². The molecule has 0 aliphatic carbocycles. The highest BCUT2D eigenvalue weighted by Crippen LogP contribution is 2.09. The second-order valence-corrected chi connectivity index (χ2v) is 4.24. The number of hydrogen-bond donors (Lipinski definition) is 0. The summed E-state index contributed by atoms with van der Waals surface area (Å²) in [5.74, 6) is -0.277. The summed E-state index contributed by atoms with van der Waals surface area (Å²) in [4.78, 5) is 11.6. The molecule has 0 aliphatic rings. The van der Waals surface area contributed by atoms with Crippen LogP contribution in [0.3, 0.4) is 0 Å². The van der Waals surface area contributed by atoms with Gasteiger partial charge in [0.25, 0.3) is 0 Å². The first kappa shape index (κ1) is 10.9. The molecule has 5 heteroatoms. The average molecular weight is 236 g/mol. The van der Waals surface area contributed by atoms with E-state index in [1.54, 1.807) is 22.3 Å². The molecular weight excluding hydrogens is 224 g/mol. The number of hydrogen-bond acceptors (Lipinski definition) is 4. The molecule has 0 bridgehead atoms. The van der Waals surface area contributed by atoms with Gasteiger partial charge in [0.2, 0.25) is 0 Å². The van der Waals surface area contributed by atoms with Gasteiger partial charge in [0, 0.05) is 17.8 Å². The Hall–Kier alpha value is -1.62. The van der Waals surface area contributed by atoms with Crippen molar-refractivity contribution in [2.24, 2.45) is 0 Å². The van der Waals surface area contributed by atoms with Crippen LogP contribution in [0.1, 0.15) is 17.3 Å². The standard InChI is InChI=1S/C11H12N2O2S/c1-9(7-13-5-2-4-12-13)15-11(14)10-3-6-16-8-10/h2-6,8-9H,7H2,1H3/t9-/m1/s1. The highest BCUT2D eigenvalue weighted by Gasteiger charge is 2.12. The molecule has 0 aromatic carbocycles. The van der Waals surface area contributed by atoms with E-state index >= 15 is 0 Å². The number of ether oxygens (including phenoxy) is 1. The normalized spacial score (nSPS) is 12.3. The fraction of sp³-hybridized carbons (Fsp3) is 0.273. The van der Waals surface area contributed by atoms with Crippen molar-refractivity contribution in [2.45, 2.75) is 19.6 Å². The van der Waals surface area contributed by atoms with Crippen molar-refractivity contribution in [3.63, 3.8) is 0 Å². The Morgan fingerprint density at radius 2 is 2.56 bits per heavy atom. The highest BCUT2D eigenvalue weighted by atomic mass is 32.1. The van der Waals surface area contributed by atoms with E-state index in [1.165, 1.54) is 11.3 Å². The van der Waals surface area contributed by atoms with E-state index in [-0.39, 0.29) is 12.1 Å². The summed E-state index contributed by atoms with van der Waals surface area (Å²) in [5, 5.41) is 7.69. The van der Waals surface area contributed by atoms with Crippen LogP contribution in [-0.4, -0.2) is 21.9 Å². The van der Waals surface area contributed by atoms with Crippen LogP contribution in [0.25, 0.3) is 0 Å². The molecular formula is C11H12N2O2S. The van der Waals surface area contributed by atoms with Crippen LogP contribution in [0.2, 0.25) is 0 Å². The third kappa shape index (κ3) is 2.70. The van der Waals surface area contributed by atoms with E-state index in [9.17, 15) is 4.79 Å². The Bertz CT molecular complexity index is 437. The Kier molecular flexibility index (Phi) is 3.36. The molecule has 0 unspecified atom stereocenters. The summed E-state index contributed by atoms with van der Waals surface area (Å²) in [7, 11) is 0. The Morgan fingerprint density at radius 1 is 1.69 bits per heavy atom. The molecule has 0 spiro atoms. The van der Waals surface area contributed by atoms with Gasteiger partial charge in [-0.3, -0.25) is 4.68 Å². The zero-order chi connectivity index (χ0) is 11.4. The molecule has 0 N–H and O–H groups in total. The van der Waals surface area contributed by atoms with Gasteiger partial charge in [-0.05, 0) is 24.4 Å². The molecule has 2 heterocycles. The van der Waals surface area contributed by atoms with Crippen molar-refractivity contribution < 1.29 is 9.53 Å². The minimum Gasteiger partial charge on any atom is -0.457 e. The van der Waals surface area contributed by atoms with Gasteiger partial charge in [0.15, 0.2) is 0 Å². The van der Waals surface area contributed by atoms with E-state index in [1.807, 2.05) is 24.6 Å². The second-order valence-electron chi connectivity index (χ2n) is 3.46. The summed E-state index contributed by atoms with van der Waals surface area (Å²) in [6, 6.07) is 3.60. The number of rotatable bonds is 4. The lowest BCUT2D eigenvalue weighted by Gasteiger charge is -2.12. The van der Waals surface area contributed by atoms with Crippen LogP contribution in [0.15, 0.2) is 35.3 Å². The Labute approximate surface area is 97.5 Å². The Balaban J connectivity index is 1.88. The topological polar surface area (TPSA) is 44.1 Å². The molecule has 0 saturated heterocycles. The summed E-state index contributed by atoms with van der Waals surface area (Å²) < 4.78 is 7.02. The van der Waals surface area contributed by atoms with Gasteiger partial charge >= 0.3 is 5.97 Å². The molecule has 0 saturated carbocycles. The molecule has 16 heavy (non-hydrogen) atoms. The number of aromatic nitrogens is 2. The van der Waals surface area contributed by atoms with Crippen molar-refractivity contribution in [1.29, 1.82) is 0 Å². The third-order valence-electron chi connectivity index (χ3n) is 2.07. The molecule has 0 aliphatic heterocycles. The zero-order valence-corrected chi connectivity index (χ0v) is 9.68. The van der Waals surface area contributed by atoms with Crippen LogP contribution in [-0.2, 0) is 11.3 Å². The first-order chi connectivity index (χ1) is 7.75. The van der Waals surface area contributed by atoms with Gasteiger partial charge in [-0.25, -0.2) is 4.79 Å². The number of carbonyl (C=O) groups excluding carboxylic acids is 1. The maximum absolute atomic E-state index is 11.6. The van der Waals surface area contributed by atoms with Gasteiger partial charge in [-0.15, -0.1) is 0 Å². The zero-order valence-electron chi connectivity index (χ0n) is 8.87. The largest absolute Gasteiger partial charge is 0.457 e. The molecule has 2 rings (SSSR count). The number of esters is 1. The maximum atomic E-state index is 11.6. The quantitative estimate of drug-likeness (QED) is 0.764. The SMILES string of the molecule is C[C@H](Cn1cccn1)OC(=O)c1ccsc1. The minimum atomic E-state index is -0.277. The van der Waals surface area contributed by atoms with Crippen molar-refractivity contribution in [3.8, 4) is 0 Å². The van der Waals surface area contributed by atoms with Crippen LogP contribution >= 0.6 is 11.3 Å². The summed E-state index contributed by atoms with van der Waals surface area (Å²) in [6.07, 6.45) is 3.36.